The second-order valence-corrected chi connectivity index (χ2v) is 5.80. The van der Waals surface area contributed by atoms with Gasteiger partial charge in [-0.15, -0.1) is 0 Å². The Kier molecular flexibility index (Phi) is 4.27. The Bertz CT molecular complexity index is 670. The highest BCUT2D eigenvalue weighted by molar-refractivity contribution is 5.42. The molecule has 0 saturated heterocycles. The van der Waals surface area contributed by atoms with Gasteiger partial charge in [-0.1, -0.05) is 13.0 Å². The molecule has 3 rings (SSSR count). The summed E-state index contributed by atoms with van der Waals surface area (Å²) in [5.41, 5.74) is 3.66. The molecule has 0 aliphatic carbocycles. The fraction of sp³-hybridized carbons (Fsp3) is 0.444. The van der Waals surface area contributed by atoms with Crippen LogP contribution in [0.2, 0.25) is 0 Å². The van der Waals surface area contributed by atoms with E-state index in [0.717, 1.165) is 43.2 Å². The maximum absolute atomic E-state index is 5.93. The summed E-state index contributed by atoms with van der Waals surface area (Å²) in [6, 6.07) is 6.07. The molecule has 1 unspecified atom stereocenters. The Balaban J connectivity index is 1.76. The lowest BCUT2D eigenvalue weighted by atomic mass is 9.91. The molecule has 1 aliphatic rings. The molecule has 0 spiro atoms. The third-order valence-electron chi connectivity index (χ3n) is 4.20. The number of benzene rings is 1. The van der Waals surface area contributed by atoms with Crippen molar-refractivity contribution in [2.75, 3.05) is 13.7 Å². The summed E-state index contributed by atoms with van der Waals surface area (Å²) >= 11 is 0. The molecule has 0 radical (unpaired) electrons. The summed E-state index contributed by atoms with van der Waals surface area (Å²) in [4.78, 5) is 8.94. The number of hydrogen-bond donors (Lipinski definition) is 0. The number of ether oxygens (including phenoxy) is 2. The first-order chi connectivity index (χ1) is 10.7. The Morgan fingerprint density at radius 3 is 3.00 bits per heavy atom. The second-order valence-electron chi connectivity index (χ2n) is 5.80. The van der Waals surface area contributed by atoms with Crippen LogP contribution in [0.5, 0.6) is 11.5 Å². The predicted molar refractivity (Wildman–Crippen MR) is 85.5 cm³/mol. The molecule has 0 N–H and O–H groups in total. The van der Waals surface area contributed by atoms with Gasteiger partial charge in [0.15, 0.2) is 0 Å². The SMILES string of the molecule is CCc1cnc(C)nc1CC1COc2cc(OC)ccc2C1. The Morgan fingerprint density at radius 1 is 1.36 bits per heavy atom. The van der Waals surface area contributed by atoms with Gasteiger partial charge in [0.05, 0.1) is 13.7 Å². The lowest BCUT2D eigenvalue weighted by Crippen LogP contribution is -2.24. The second kappa shape index (κ2) is 6.34. The number of rotatable bonds is 4. The molecule has 0 fully saturated rings. The molecular weight excluding hydrogens is 276 g/mol. The highest BCUT2D eigenvalue weighted by Gasteiger charge is 2.22. The van der Waals surface area contributed by atoms with Crippen molar-refractivity contribution in [3.8, 4) is 11.5 Å². The lowest BCUT2D eigenvalue weighted by Gasteiger charge is -2.26. The topological polar surface area (TPSA) is 44.2 Å². The fourth-order valence-electron chi connectivity index (χ4n) is 2.96. The summed E-state index contributed by atoms with van der Waals surface area (Å²) in [6.45, 7) is 4.82. The molecule has 4 heteroatoms. The van der Waals surface area contributed by atoms with Gasteiger partial charge in [-0.05, 0) is 43.4 Å². The third kappa shape index (κ3) is 3.06. The van der Waals surface area contributed by atoms with Gasteiger partial charge in [0.1, 0.15) is 17.3 Å². The van der Waals surface area contributed by atoms with E-state index in [1.807, 2.05) is 25.3 Å². The molecule has 0 bridgehead atoms. The van der Waals surface area contributed by atoms with Crippen molar-refractivity contribution >= 4 is 0 Å². The van der Waals surface area contributed by atoms with Crippen molar-refractivity contribution in [1.29, 1.82) is 0 Å². The van der Waals surface area contributed by atoms with Crippen LogP contribution < -0.4 is 9.47 Å². The molecular formula is C18H22N2O2. The van der Waals surface area contributed by atoms with E-state index in [1.54, 1.807) is 7.11 Å². The zero-order valence-corrected chi connectivity index (χ0v) is 13.4. The minimum Gasteiger partial charge on any atom is -0.497 e. The van der Waals surface area contributed by atoms with Crippen LogP contribution in [0.25, 0.3) is 0 Å². The standard InChI is InChI=1S/C18H22N2O2/c1-4-14-10-19-12(2)20-17(14)8-13-7-15-5-6-16(21-3)9-18(15)22-11-13/h5-6,9-10,13H,4,7-8,11H2,1-3H3. The molecule has 1 atom stereocenters. The van der Waals surface area contributed by atoms with Crippen LogP contribution >= 0.6 is 0 Å². The van der Waals surface area contributed by atoms with Crippen LogP contribution in [-0.4, -0.2) is 23.7 Å². The summed E-state index contributed by atoms with van der Waals surface area (Å²) in [5, 5.41) is 0. The van der Waals surface area contributed by atoms with Crippen molar-refractivity contribution in [3.05, 3.63) is 47.0 Å². The van der Waals surface area contributed by atoms with E-state index in [4.69, 9.17) is 9.47 Å². The van der Waals surface area contributed by atoms with Crippen LogP contribution in [-0.2, 0) is 19.3 Å². The molecule has 1 aromatic carbocycles. The van der Waals surface area contributed by atoms with Gasteiger partial charge in [0.25, 0.3) is 0 Å². The maximum Gasteiger partial charge on any atom is 0.126 e. The quantitative estimate of drug-likeness (QED) is 0.870. The first-order valence-corrected chi connectivity index (χ1v) is 7.80. The van der Waals surface area contributed by atoms with Gasteiger partial charge in [-0.3, -0.25) is 0 Å². The van der Waals surface area contributed by atoms with Crippen molar-refractivity contribution < 1.29 is 9.47 Å². The predicted octanol–water partition coefficient (Wildman–Crippen LogP) is 3.15. The average Bonchev–Trinajstić information content (AvgIpc) is 2.54. The van der Waals surface area contributed by atoms with Crippen LogP contribution in [0.3, 0.4) is 0 Å². The molecule has 1 aliphatic heterocycles. The summed E-state index contributed by atoms with van der Waals surface area (Å²) in [7, 11) is 1.68. The minimum absolute atomic E-state index is 0.459. The maximum atomic E-state index is 5.93. The van der Waals surface area contributed by atoms with E-state index >= 15 is 0 Å². The number of fused-ring (bicyclic) bond motifs is 1. The summed E-state index contributed by atoms with van der Waals surface area (Å²) in [5.74, 6) is 3.09. The van der Waals surface area contributed by atoms with Gasteiger partial charge < -0.3 is 9.47 Å². The van der Waals surface area contributed by atoms with Gasteiger partial charge in [-0.2, -0.15) is 0 Å². The van der Waals surface area contributed by atoms with Crippen molar-refractivity contribution in [2.24, 2.45) is 5.92 Å². The number of aryl methyl sites for hydroxylation is 2. The van der Waals surface area contributed by atoms with Gasteiger partial charge in [0.2, 0.25) is 0 Å². The summed E-state index contributed by atoms with van der Waals surface area (Å²) < 4.78 is 11.2. The zero-order valence-electron chi connectivity index (χ0n) is 13.4. The monoisotopic (exact) mass is 298 g/mol. The lowest BCUT2D eigenvalue weighted by molar-refractivity contribution is 0.219. The molecule has 22 heavy (non-hydrogen) atoms. The van der Waals surface area contributed by atoms with Crippen LogP contribution in [0.15, 0.2) is 24.4 Å². The van der Waals surface area contributed by atoms with Crippen LogP contribution in [0.4, 0.5) is 0 Å². The van der Waals surface area contributed by atoms with Crippen molar-refractivity contribution in [2.45, 2.75) is 33.1 Å². The molecule has 1 aromatic heterocycles. The van der Waals surface area contributed by atoms with Crippen molar-refractivity contribution in [1.82, 2.24) is 9.97 Å². The van der Waals surface area contributed by atoms with E-state index < -0.39 is 0 Å². The number of hydrogen-bond acceptors (Lipinski definition) is 4. The van der Waals surface area contributed by atoms with E-state index in [1.165, 1.54) is 16.8 Å². The molecule has 2 heterocycles. The molecule has 2 aromatic rings. The number of nitrogens with zero attached hydrogens (tertiary/aromatic N) is 2. The summed E-state index contributed by atoms with van der Waals surface area (Å²) in [6.07, 6.45) is 4.89. The number of methoxy groups -OCH3 is 1. The van der Waals surface area contributed by atoms with Gasteiger partial charge in [-0.25, -0.2) is 9.97 Å². The van der Waals surface area contributed by atoms with E-state index in [9.17, 15) is 0 Å². The molecule has 4 nitrogen and oxygen atoms in total. The first kappa shape index (κ1) is 14.8. The Hall–Kier alpha value is -2.10. The first-order valence-electron chi connectivity index (χ1n) is 7.80. The van der Waals surface area contributed by atoms with Gasteiger partial charge >= 0.3 is 0 Å². The van der Waals surface area contributed by atoms with Gasteiger partial charge in [0, 0.05) is 23.9 Å². The van der Waals surface area contributed by atoms with Crippen LogP contribution in [0, 0.1) is 12.8 Å². The Morgan fingerprint density at radius 2 is 2.23 bits per heavy atom. The van der Waals surface area contributed by atoms with Crippen molar-refractivity contribution in [3.63, 3.8) is 0 Å². The molecule has 116 valence electrons. The highest BCUT2D eigenvalue weighted by atomic mass is 16.5. The van der Waals surface area contributed by atoms with E-state index in [2.05, 4.69) is 23.0 Å². The third-order valence-corrected chi connectivity index (χ3v) is 4.20. The molecule has 0 amide bonds. The minimum atomic E-state index is 0.459. The van der Waals surface area contributed by atoms with E-state index in [-0.39, 0.29) is 0 Å². The highest BCUT2D eigenvalue weighted by Crippen LogP contribution is 2.32. The zero-order chi connectivity index (χ0) is 15.5. The molecule has 0 saturated carbocycles. The Labute approximate surface area is 131 Å². The normalized spacial score (nSPS) is 16.8. The number of aromatic nitrogens is 2. The largest absolute Gasteiger partial charge is 0.497 e. The fourth-order valence-corrected chi connectivity index (χ4v) is 2.96. The van der Waals surface area contributed by atoms with Crippen LogP contribution in [0.1, 0.15) is 29.6 Å². The smallest absolute Gasteiger partial charge is 0.126 e. The van der Waals surface area contributed by atoms with E-state index in [0.29, 0.717) is 5.92 Å². The average molecular weight is 298 g/mol.